The topological polar surface area (TPSA) is 56.5 Å². The maximum atomic E-state index is 4.12. The first-order valence-electron chi connectivity index (χ1n) is 3.75. The van der Waals surface area contributed by atoms with Crippen molar-refractivity contribution in [3.63, 3.8) is 0 Å². The molecule has 0 aliphatic heterocycles. The fourth-order valence-electron chi connectivity index (χ4n) is 0.813. The van der Waals surface area contributed by atoms with Crippen molar-refractivity contribution in [2.45, 2.75) is 10.3 Å². The van der Waals surface area contributed by atoms with Crippen LogP contribution in [-0.4, -0.2) is 24.7 Å². The summed E-state index contributed by atoms with van der Waals surface area (Å²) in [5.41, 5.74) is 0. The van der Waals surface area contributed by atoms with Crippen LogP contribution >= 0.6 is 27.7 Å². The Kier molecular flexibility index (Phi) is 2.78. The highest BCUT2D eigenvalue weighted by Crippen LogP contribution is 2.21. The zero-order valence-electron chi connectivity index (χ0n) is 7.25. The van der Waals surface area contributed by atoms with Crippen LogP contribution in [0.15, 0.2) is 33.5 Å². The van der Waals surface area contributed by atoms with Gasteiger partial charge in [0.2, 0.25) is 0 Å². The zero-order chi connectivity index (χ0) is 9.97. The van der Waals surface area contributed by atoms with Gasteiger partial charge >= 0.3 is 0 Å². The Hall–Kier alpha value is -0.950. The van der Waals surface area contributed by atoms with E-state index in [1.807, 2.05) is 7.05 Å². The summed E-state index contributed by atoms with van der Waals surface area (Å²) in [4.78, 5) is 12.3. The molecule has 2 aromatic heterocycles. The Bertz CT molecular complexity index is 426. The van der Waals surface area contributed by atoms with Gasteiger partial charge in [-0.3, -0.25) is 0 Å². The second-order valence-corrected chi connectivity index (χ2v) is 4.30. The summed E-state index contributed by atoms with van der Waals surface area (Å²) in [7, 11) is 1.83. The van der Waals surface area contributed by atoms with E-state index < -0.39 is 0 Å². The van der Waals surface area contributed by atoms with Crippen LogP contribution < -0.4 is 0 Å². The number of halogens is 1. The van der Waals surface area contributed by atoms with Crippen molar-refractivity contribution < 1.29 is 0 Å². The first kappa shape index (κ1) is 9.60. The number of nitrogens with zero attached hydrogens (tertiary/aromatic N) is 5. The van der Waals surface area contributed by atoms with Crippen LogP contribution in [0.25, 0.3) is 0 Å². The second kappa shape index (κ2) is 4.05. The fourth-order valence-corrected chi connectivity index (χ4v) is 1.67. The van der Waals surface area contributed by atoms with Crippen molar-refractivity contribution in [1.29, 1.82) is 0 Å². The monoisotopic (exact) mass is 271 g/mol. The number of hydrogen-bond acceptors (Lipinski definition) is 5. The van der Waals surface area contributed by atoms with E-state index in [2.05, 4.69) is 36.0 Å². The van der Waals surface area contributed by atoms with Crippen molar-refractivity contribution in [3.8, 4) is 0 Å². The summed E-state index contributed by atoms with van der Waals surface area (Å²) >= 11 is 4.65. The van der Waals surface area contributed by atoms with Gasteiger partial charge in [-0.05, 0) is 27.7 Å². The summed E-state index contributed by atoms with van der Waals surface area (Å²) in [6.45, 7) is 0. The first-order chi connectivity index (χ1) is 6.75. The molecule has 0 atom stereocenters. The number of rotatable bonds is 2. The van der Waals surface area contributed by atoms with Crippen molar-refractivity contribution in [3.05, 3.63) is 23.2 Å². The molecule has 7 heteroatoms. The zero-order valence-corrected chi connectivity index (χ0v) is 9.66. The van der Waals surface area contributed by atoms with Crippen molar-refractivity contribution in [1.82, 2.24) is 24.7 Å². The van der Waals surface area contributed by atoms with E-state index in [-0.39, 0.29) is 0 Å². The van der Waals surface area contributed by atoms with Gasteiger partial charge in [0, 0.05) is 19.4 Å². The maximum Gasteiger partial charge on any atom is 0.195 e. The predicted molar refractivity (Wildman–Crippen MR) is 54.9 cm³/mol. The molecule has 0 amide bonds. The van der Waals surface area contributed by atoms with Crippen molar-refractivity contribution >= 4 is 27.7 Å². The van der Waals surface area contributed by atoms with E-state index in [1.54, 1.807) is 17.1 Å². The van der Waals surface area contributed by atoms with Gasteiger partial charge in [-0.25, -0.2) is 19.6 Å². The molecule has 2 aromatic rings. The highest BCUT2D eigenvalue weighted by Gasteiger charge is 2.05. The molecule has 0 radical (unpaired) electrons. The van der Waals surface area contributed by atoms with E-state index in [4.69, 9.17) is 0 Å². The summed E-state index contributed by atoms with van der Waals surface area (Å²) in [5, 5.41) is 5.38. The van der Waals surface area contributed by atoms with Gasteiger partial charge in [0.1, 0.15) is 6.33 Å². The smallest absolute Gasteiger partial charge is 0.195 e. The Morgan fingerprint density at radius 3 is 2.57 bits per heavy atom. The minimum atomic E-state index is 0.657. The molecule has 14 heavy (non-hydrogen) atoms. The molecular formula is C7H6BrN5S. The largest absolute Gasteiger partial charge is 0.244 e. The van der Waals surface area contributed by atoms with E-state index in [0.29, 0.717) is 5.16 Å². The Morgan fingerprint density at radius 2 is 2.00 bits per heavy atom. The third-order valence-corrected chi connectivity index (χ3v) is 2.80. The molecule has 0 aliphatic carbocycles. The van der Waals surface area contributed by atoms with Crippen LogP contribution in [0.2, 0.25) is 0 Å². The van der Waals surface area contributed by atoms with E-state index >= 15 is 0 Å². The SMILES string of the molecule is Cn1ncnc1Sc1ncc(Br)cn1. The summed E-state index contributed by atoms with van der Waals surface area (Å²) in [5.74, 6) is 0. The van der Waals surface area contributed by atoms with Crippen LogP contribution in [0.1, 0.15) is 0 Å². The Morgan fingerprint density at radius 1 is 1.29 bits per heavy atom. The van der Waals surface area contributed by atoms with Crippen LogP contribution in [-0.2, 0) is 7.05 Å². The molecule has 0 N–H and O–H groups in total. The third kappa shape index (κ3) is 2.10. The maximum absolute atomic E-state index is 4.12. The lowest BCUT2D eigenvalue weighted by Gasteiger charge is -1.97. The van der Waals surface area contributed by atoms with Gasteiger partial charge in [-0.1, -0.05) is 0 Å². The normalized spacial score (nSPS) is 10.4. The molecule has 0 aliphatic rings. The number of aromatic nitrogens is 5. The van der Waals surface area contributed by atoms with E-state index in [1.165, 1.54) is 18.1 Å². The van der Waals surface area contributed by atoms with Gasteiger partial charge in [-0.15, -0.1) is 0 Å². The molecule has 2 heterocycles. The average Bonchev–Trinajstić information content (AvgIpc) is 2.56. The molecule has 0 saturated heterocycles. The molecule has 0 unspecified atom stereocenters. The van der Waals surface area contributed by atoms with Crippen LogP contribution in [0.3, 0.4) is 0 Å². The summed E-state index contributed by atoms with van der Waals surface area (Å²) in [6, 6.07) is 0. The second-order valence-electron chi connectivity index (χ2n) is 2.45. The predicted octanol–water partition coefficient (Wildman–Crippen LogP) is 1.52. The van der Waals surface area contributed by atoms with Crippen LogP contribution in [0.5, 0.6) is 0 Å². The van der Waals surface area contributed by atoms with Gasteiger partial charge < -0.3 is 0 Å². The Labute approximate surface area is 93.1 Å². The van der Waals surface area contributed by atoms with Crippen LogP contribution in [0.4, 0.5) is 0 Å². The molecule has 0 saturated carbocycles. The summed E-state index contributed by atoms with van der Waals surface area (Å²) in [6.07, 6.45) is 4.90. The number of hydrogen-bond donors (Lipinski definition) is 0. The molecule has 5 nitrogen and oxygen atoms in total. The van der Waals surface area contributed by atoms with Gasteiger partial charge in [0.05, 0.1) is 4.47 Å². The first-order valence-corrected chi connectivity index (χ1v) is 5.36. The highest BCUT2D eigenvalue weighted by atomic mass is 79.9. The summed E-state index contributed by atoms with van der Waals surface area (Å²) < 4.78 is 2.54. The Balaban J connectivity index is 2.19. The molecule has 0 spiro atoms. The lowest BCUT2D eigenvalue weighted by molar-refractivity contribution is 0.683. The molecule has 0 fully saturated rings. The van der Waals surface area contributed by atoms with Crippen LogP contribution in [0, 0.1) is 0 Å². The minimum absolute atomic E-state index is 0.657. The molecule has 2 rings (SSSR count). The molecule has 0 aromatic carbocycles. The van der Waals surface area contributed by atoms with Gasteiger partial charge in [0.15, 0.2) is 10.3 Å². The minimum Gasteiger partial charge on any atom is -0.244 e. The quantitative estimate of drug-likeness (QED) is 0.776. The average molecular weight is 272 g/mol. The van der Waals surface area contributed by atoms with Crippen molar-refractivity contribution in [2.75, 3.05) is 0 Å². The van der Waals surface area contributed by atoms with Gasteiger partial charge in [-0.2, -0.15) is 5.10 Å². The van der Waals surface area contributed by atoms with Crippen molar-refractivity contribution in [2.24, 2.45) is 7.05 Å². The lowest BCUT2D eigenvalue weighted by atomic mass is 10.7. The molecule has 0 bridgehead atoms. The van der Waals surface area contributed by atoms with E-state index in [0.717, 1.165) is 9.63 Å². The third-order valence-electron chi connectivity index (χ3n) is 1.45. The lowest BCUT2D eigenvalue weighted by Crippen LogP contribution is -1.94. The molecular weight excluding hydrogens is 266 g/mol. The molecule has 72 valence electrons. The fraction of sp³-hybridized carbons (Fsp3) is 0.143. The van der Waals surface area contributed by atoms with Gasteiger partial charge in [0.25, 0.3) is 0 Å². The standard InChI is InChI=1S/C7H6BrN5S/c1-13-7(11-4-12-13)14-6-9-2-5(8)3-10-6/h2-4H,1H3. The number of aryl methyl sites for hydroxylation is 1. The van der Waals surface area contributed by atoms with E-state index in [9.17, 15) is 0 Å². The highest BCUT2D eigenvalue weighted by molar-refractivity contribution is 9.10.